The first-order valence-corrected chi connectivity index (χ1v) is 4.52. The second-order valence-corrected chi connectivity index (χ2v) is 3.25. The Morgan fingerprint density at radius 1 is 1.50 bits per heavy atom. The summed E-state index contributed by atoms with van der Waals surface area (Å²) >= 11 is 2.16. The number of halogens is 1. The molecule has 1 aromatic heterocycles. The second-order valence-electron chi connectivity index (χ2n) is 2.01. The third-order valence-corrected chi connectivity index (χ3v) is 1.69. The standard InChI is InChI=1S/C8H8IN3/c1-2-3-4-10-8-11-5-7(9)6-12-8/h5-6H,4H2,1H3,(H,10,11,12). The normalized spacial score (nSPS) is 8.50. The first kappa shape index (κ1) is 9.26. The Labute approximate surface area is 85.1 Å². The molecule has 12 heavy (non-hydrogen) atoms. The maximum atomic E-state index is 4.05. The van der Waals surface area contributed by atoms with E-state index in [0.29, 0.717) is 12.5 Å². The van der Waals surface area contributed by atoms with E-state index in [1.807, 2.05) is 0 Å². The van der Waals surface area contributed by atoms with Crippen LogP contribution in [0.1, 0.15) is 6.92 Å². The third-order valence-electron chi connectivity index (χ3n) is 1.13. The fourth-order valence-corrected chi connectivity index (χ4v) is 0.894. The van der Waals surface area contributed by atoms with Crippen molar-refractivity contribution in [2.45, 2.75) is 6.92 Å². The summed E-state index contributed by atoms with van der Waals surface area (Å²) in [6.45, 7) is 2.40. The molecule has 1 heterocycles. The van der Waals surface area contributed by atoms with Gasteiger partial charge in [0.2, 0.25) is 5.95 Å². The molecule has 0 radical (unpaired) electrons. The van der Waals surface area contributed by atoms with Gasteiger partial charge in [-0.15, -0.1) is 5.92 Å². The van der Waals surface area contributed by atoms with Crippen LogP contribution in [0.3, 0.4) is 0 Å². The predicted octanol–water partition coefficient (Wildman–Crippen LogP) is 1.52. The van der Waals surface area contributed by atoms with Crippen LogP contribution in [0, 0.1) is 15.4 Å². The maximum absolute atomic E-state index is 4.05. The lowest BCUT2D eigenvalue weighted by molar-refractivity contribution is 1.12. The van der Waals surface area contributed by atoms with Gasteiger partial charge in [0.15, 0.2) is 0 Å². The fourth-order valence-electron chi connectivity index (χ4n) is 0.615. The van der Waals surface area contributed by atoms with Crippen molar-refractivity contribution < 1.29 is 0 Å². The van der Waals surface area contributed by atoms with E-state index in [4.69, 9.17) is 0 Å². The van der Waals surface area contributed by atoms with E-state index in [1.165, 1.54) is 0 Å². The first-order chi connectivity index (χ1) is 5.83. The van der Waals surface area contributed by atoms with Crippen molar-refractivity contribution in [2.24, 2.45) is 0 Å². The first-order valence-electron chi connectivity index (χ1n) is 3.44. The molecule has 1 rings (SSSR count). The quantitative estimate of drug-likeness (QED) is 0.655. The van der Waals surface area contributed by atoms with Crippen molar-refractivity contribution in [3.63, 3.8) is 0 Å². The summed E-state index contributed by atoms with van der Waals surface area (Å²) in [5, 5.41) is 2.97. The summed E-state index contributed by atoms with van der Waals surface area (Å²) in [6.07, 6.45) is 3.52. The van der Waals surface area contributed by atoms with E-state index in [2.05, 4.69) is 49.7 Å². The van der Waals surface area contributed by atoms with Crippen LogP contribution >= 0.6 is 22.6 Å². The summed E-state index contributed by atoms with van der Waals surface area (Å²) in [6, 6.07) is 0. The van der Waals surface area contributed by atoms with Crippen molar-refractivity contribution >= 4 is 28.5 Å². The van der Waals surface area contributed by atoms with Crippen LogP contribution in [0.2, 0.25) is 0 Å². The van der Waals surface area contributed by atoms with Crippen LogP contribution in [0.4, 0.5) is 5.95 Å². The lowest BCUT2D eigenvalue weighted by atomic mass is 10.6. The number of rotatable bonds is 2. The molecule has 0 saturated carbocycles. The van der Waals surface area contributed by atoms with Gasteiger partial charge in [0.25, 0.3) is 0 Å². The molecule has 0 aromatic carbocycles. The van der Waals surface area contributed by atoms with Crippen molar-refractivity contribution in [2.75, 3.05) is 11.9 Å². The Bertz CT molecular complexity index is 296. The number of hydrogen-bond donors (Lipinski definition) is 1. The Morgan fingerprint density at radius 3 is 2.75 bits per heavy atom. The largest absolute Gasteiger partial charge is 0.343 e. The third kappa shape index (κ3) is 3.05. The molecule has 62 valence electrons. The molecule has 0 unspecified atom stereocenters. The number of nitrogens with zero attached hydrogens (tertiary/aromatic N) is 2. The van der Waals surface area contributed by atoms with Gasteiger partial charge in [0.1, 0.15) is 0 Å². The molecule has 0 aliphatic carbocycles. The lowest BCUT2D eigenvalue weighted by Gasteiger charge is -1.98. The molecule has 0 atom stereocenters. The second kappa shape index (κ2) is 4.93. The van der Waals surface area contributed by atoms with Crippen LogP contribution in [-0.4, -0.2) is 16.5 Å². The van der Waals surface area contributed by atoms with Crippen LogP contribution in [0.25, 0.3) is 0 Å². The zero-order valence-electron chi connectivity index (χ0n) is 6.63. The topological polar surface area (TPSA) is 37.8 Å². The van der Waals surface area contributed by atoms with E-state index < -0.39 is 0 Å². The molecule has 0 amide bonds. The minimum atomic E-state index is 0.594. The van der Waals surface area contributed by atoms with Gasteiger partial charge in [0.05, 0.1) is 6.54 Å². The molecule has 0 aliphatic heterocycles. The molecule has 4 heteroatoms. The highest BCUT2D eigenvalue weighted by Crippen LogP contribution is 2.01. The summed E-state index contributed by atoms with van der Waals surface area (Å²) < 4.78 is 1.03. The monoisotopic (exact) mass is 273 g/mol. The molecule has 3 nitrogen and oxygen atoms in total. The Balaban J connectivity index is 2.51. The van der Waals surface area contributed by atoms with E-state index in [9.17, 15) is 0 Å². The maximum Gasteiger partial charge on any atom is 0.223 e. The molecule has 0 aliphatic rings. The average Bonchev–Trinajstić information content (AvgIpc) is 2.09. The molecule has 0 spiro atoms. The molecule has 0 bridgehead atoms. The van der Waals surface area contributed by atoms with E-state index in [-0.39, 0.29) is 0 Å². The zero-order valence-corrected chi connectivity index (χ0v) is 8.79. The van der Waals surface area contributed by atoms with Gasteiger partial charge in [-0.3, -0.25) is 0 Å². The van der Waals surface area contributed by atoms with E-state index in [1.54, 1.807) is 19.3 Å². The van der Waals surface area contributed by atoms with Crippen molar-refractivity contribution in [1.82, 2.24) is 9.97 Å². The SMILES string of the molecule is CC#CCNc1ncc(I)cn1. The van der Waals surface area contributed by atoms with Gasteiger partial charge in [-0.25, -0.2) is 9.97 Å². The van der Waals surface area contributed by atoms with Crippen LogP contribution < -0.4 is 5.32 Å². The average molecular weight is 273 g/mol. The van der Waals surface area contributed by atoms with E-state index >= 15 is 0 Å². The molecular weight excluding hydrogens is 265 g/mol. The van der Waals surface area contributed by atoms with Gasteiger partial charge in [-0.1, -0.05) is 5.92 Å². The summed E-state index contributed by atoms with van der Waals surface area (Å²) in [7, 11) is 0. The van der Waals surface area contributed by atoms with E-state index in [0.717, 1.165) is 3.57 Å². The van der Waals surface area contributed by atoms with Crippen molar-refractivity contribution in [3.8, 4) is 11.8 Å². The summed E-state index contributed by atoms with van der Waals surface area (Å²) in [5.41, 5.74) is 0. The molecule has 1 N–H and O–H groups in total. The number of anilines is 1. The predicted molar refractivity (Wildman–Crippen MR) is 56.7 cm³/mol. The van der Waals surface area contributed by atoms with Gasteiger partial charge in [-0.05, 0) is 29.5 Å². The van der Waals surface area contributed by atoms with Crippen molar-refractivity contribution in [1.29, 1.82) is 0 Å². The van der Waals surface area contributed by atoms with Crippen LogP contribution in [0.15, 0.2) is 12.4 Å². The summed E-state index contributed by atoms with van der Waals surface area (Å²) in [5.74, 6) is 6.27. The highest BCUT2D eigenvalue weighted by molar-refractivity contribution is 14.1. The highest BCUT2D eigenvalue weighted by atomic mass is 127. The lowest BCUT2D eigenvalue weighted by Crippen LogP contribution is -2.02. The Hall–Kier alpha value is -0.830. The fraction of sp³-hybridized carbons (Fsp3) is 0.250. The Morgan fingerprint density at radius 2 is 2.17 bits per heavy atom. The zero-order chi connectivity index (χ0) is 8.81. The molecular formula is C8H8IN3. The highest BCUT2D eigenvalue weighted by Gasteiger charge is 1.91. The van der Waals surface area contributed by atoms with Crippen LogP contribution in [-0.2, 0) is 0 Å². The smallest absolute Gasteiger partial charge is 0.223 e. The summed E-state index contributed by atoms with van der Waals surface area (Å²) in [4.78, 5) is 8.11. The molecule has 1 aromatic rings. The number of aromatic nitrogens is 2. The van der Waals surface area contributed by atoms with Crippen molar-refractivity contribution in [3.05, 3.63) is 16.0 Å². The van der Waals surface area contributed by atoms with Gasteiger partial charge >= 0.3 is 0 Å². The van der Waals surface area contributed by atoms with Crippen LogP contribution in [0.5, 0.6) is 0 Å². The molecule has 0 saturated heterocycles. The Kier molecular flexibility index (Phi) is 3.80. The van der Waals surface area contributed by atoms with Gasteiger partial charge < -0.3 is 5.32 Å². The number of nitrogens with one attached hydrogen (secondary N) is 1. The minimum absolute atomic E-state index is 0.594. The van der Waals surface area contributed by atoms with Gasteiger partial charge in [-0.2, -0.15) is 0 Å². The van der Waals surface area contributed by atoms with Gasteiger partial charge in [0, 0.05) is 16.0 Å². The molecule has 0 fully saturated rings. The number of hydrogen-bond acceptors (Lipinski definition) is 3. The minimum Gasteiger partial charge on any atom is -0.343 e.